The minimum Gasteiger partial charge on any atom is -0.504 e. The second kappa shape index (κ2) is 6.02. The van der Waals surface area contributed by atoms with Gasteiger partial charge in [-0.1, -0.05) is 11.6 Å². The van der Waals surface area contributed by atoms with Crippen LogP contribution in [0.5, 0.6) is 11.5 Å². The van der Waals surface area contributed by atoms with E-state index >= 15 is 0 Å². The van der Waals surface area contributed by atoms with E-state index in [2.05, 4.69) is 11.9 Å². The molecule has 2 aliphatic carbocycles. The number of aromatic hydroxyl groups is 1. The summed E-state index contributed by atoms with van der Waals surface area (Å²) in [6, 6.07) is 2.05. The molecule has 0 spiro atoms. The van der Waals surface area contributed by atoms with E-state index in [1.807, 2.05) is 0 Å². The number of aliphatic hydroxyl groups excluding tert-OH is 1. The fourth-order valence-corrected chi connectivity index (χ4v) is 5.94. The molecule has 25 heavy (non-hydrogen) atoms. The summed E-state index contributed by atoms with van der Waals surface area (Å²) in [4.78, 5) is 2.40. The Kier molecular flexibility index (Phi) is 4.19. The molecule has 3 aliphatic rings. The first kappa shape index (κ1) is 17.4. The molecule has 1 saturated carbocycles. The van der Waals surface area contributed by atoms with E-state index < -0.39 is 6.10 Å². The number of benzene rings is 1. The maximum absolute atomic E-state index is 11.0. The average Bonchev–Trinajstić information content (AvgIpc) is 2.59. The molecular weight excluding hydrogens is 342 g/mol. The van der Waals surface area contributed by atoms with Crippen molar-refractivity contribution in [3.8, 4) is 11.5 Å². The average molecular weight is 368 g/mol. The molecule has 1 aromatic carbocycles. The Morgan fingerprint density at radius 1 is 1.36 bits per heavy atom. The number of likely N-dealkylation sites (tertiary alicyclic amines) is 1. The molecule has 5 nitrogen and oxygen atoms in total. The van der Waals surface area contributed by atoms with Crippen molar-refractivity contribution in [3.05, 3.63) is 22.2 Å². The number of nitrogens with zero attached hydrogens (tertiary/aromatic N) is 1. The molecule has 1 aromatic rings. The minimum atomic E-state index is -0.541. The maximum atomic E-state index is 11.0. The normalized spacial score (nSPS) is 37.3. The summed E-state index contributed by atoms with van der Waals surface area (Å²) in [5, 5.41) is 22.3. The highest BCUT2D eigenvalue weighted by atomic mass is 35.5. The molecule has 0 aromatic heterocycles. The molecule has 1 aliphatic heterocycles. The lowest BCUT2D eigenvalue weighted by atomic mass is 9.51. The van der Waals surface area contributed by atoms with Gasteiger partial charge in [0, 0.05) is 35.2 Å². The number of ether oxygens (including phenoxy) is 2. The van der Waals surface area contributed by atoms with Crippen LogP contribution in [0.3, 0.4) is 0 Å². The molecule has 0 amide bonds. The third kappa shape index (κ3) is 2.33. The van der Waals surface area contributed by atoms with Crippen LogP contribution in [-0.4, -0.2) is 61.2 Å². The number of piperidine rings is 1. The maximum Gasteiger partial charge on any atom is 0.162 e. The van der Waals surface area contributed by atoms with Gasteiger partial charge in [-0.25, -0.2) is 0 Å². The van der Waals surface area contributed by atoms with Crippen molar-refractivity contribution < 1.29 is 19.7 Å². The van der Waals surface area contributed by atoms with Gasteiger partial charge in [-0.3, -0.25) is 0 Å². The van der Waals surface area contributed by atoms with E-state index in [0.717, 1.165) is 36.9 Å². The van der Waals surface area contributed by atoms with Crippen LogP contribution in [0.25, 0.3) is 0 Å². The number of hydrogen-bond acceptors (Lipinski definition) is 5. The number of halogens is 1. The molecule has 1 heterocycles. The Balaban J connectivity index is 1.94. The first-order valence-electron chi connectivity index (χ1n) is 8.93. The van der Waals surface area contributed by atoms with Crippen LogP contribution in [0.1, 0.15) is 30.4 Å². The van der Waals surface area contributed by atoms with Crippen molar-refractivity contribution in [1.29, 1.82) is 0 Å². The zero-order valence-corrected chi connectivity index (χ0v) is 15.7. The van der Waals surface area contributed by atoms with Crippen LogP contribution >= 0.6 is 11.6 Å². The van der Waals surface area contributed by atoms with Gasteiger partial charge in [0.15, 0.2) is 11.5 Å². The van der Waals surface area contributed by atoms with Gasteiger partial charge in [-0.15, -0.1) is 0 Å². The smallest absolute Gasteiger partial charge is 0.162 e. The van der Waals surface area contributed by atoms with Crippen molar-refractivity contribution in [2.75, 3.05) is 27.8 Å². The predicted molar refractivity (Wildman–Crippen MR) is 95.6 cm³/mol. The molecule has 138 valence electrons. The molecule has 1 saturated heterocycles. The van der Waals surface area contributed by atoms with Crippen LogP contribution in [0, 0.1) is 5.92 Å². The molecular formula is C19H26ClNO4. The van der Waals surface area contributed by atoms with Gasteiger partial charge in [0.2, 0.25) is 0 Å². The standard InChI is InChI=1S/C19H26ClNO4/c1-21-5-4-19-9-14(22)15(24-2)7-11(19)13(21)6-10-12(20)8-16(25-3)18(23)17(10)19/h8,11,13-15,22-23H,4-7,9H2,1-3H3/t11-,13+,14+,15?,19-/m1/s1. The summed E-state index contributed by atoms with van der Waals surface area (Å²) in [5.74, 6) is 0.928. The summed E-state index contributed by atoms with van der Waals surface area (Å²) in [7, 11) is 5.37. The fraction of sp³-hybridized carbons (Fsp3) is 0.684. The number of aliphatic hydroxyl groups is 1. The van der Waals surface area contributed by atoms with Crippen LogP contribution < -0.4 is 4.74 Å². The van der Waals surface area contributed by atoms with Crippen LogP contribution in [-0.2, 0) is 16.6 Å². The summed E-state index contributed by atoms with van der Waals surface area (Å²) in [6.45, 7) is 0.944. The highest BCUT2D eigenvalue weighted by Crippen LogP contribution is 2.60. The minimum absolute atomic E-state index is 0.156. The second-order valence-electron chi connectivity index (χ2n) is 7.81. The van der Waals surface area contributed by atoms with Crippen molar-refractivity contribution in [2.24, 2.45) is 5.92 Å². The van der Waals surface area contributed by atoms with Gasteiger partial charge < -0.3 is 24.6 Å². The quantitative estimate of drug-likeness (QED) is 0.840. The number of phenols is 1. The van der Waals surface area contributed by atoms with Gasteiger partial charge in [0.05, 0.1) is 19.3 Å². The summed E-state index contributed by atoms with van der Waals surface area (Å²) < 4.78 is 10.9. The van der Waals surface area contributed by atoms with Crippen LogP contribution in [0.2, 0.25) is 5.02 Å². The molecule has 4 rings (SSSR count). The number of phenolic OH excluding ortho intramolecular Hbond substituents is 1. The third-order valence-corrected chi connectivity index (χ3v) is 7.23. The third-order valence-electron chi connectivity index (χ3n) is 6.89. The molecule has 0 radical (unpaired) electrons. The van der Waals surface area contributed by atoms with E-state index in [4.69, 9.17) is 21.1 Å². The van der Waals surface area contributed by atoms with E-state index in [9.17, 15) is 10.2 Å². The lowest BCUT2D eigenvalue weighted by Crippen LogP contribution is -2.63. The van der Waals surface area contributed by atoms with E-state index in [-0.39, 0.29) is 17.3 Å². The lowest BCUT2D eigenvalue weighted by molar-refractivity contribution is -0.114. The van der Waals surface area contributed by atoms with Crippen molar-refractivity contribution in [3.63, 3.8) is 0 Å². The Bertz CT molecular complexity index is 696. The van der Waals surface area contributed by atoms with Crippen LogP contribution in [0.15, 0.2) is 6.07 Å². The first-order valence-corrected chi connectivity index (χ1v) is 9.30. The number of methoxy groups -OCH3 is 2. The SMILES string of the molecule is COc1cc(Cl)c2c(c1O)[C@@]13CCN(C)[C@@H](C2)[C@H]1CC(OC)[C@@H](O)C3. The van der Waals surface area contributed by atoms with Crippen LogP contribution in [0.4, 0.5) is 0 Å². The summed E-state index contributed by atoms with van der Waals surface area (Å²) in [5.41, 5.74) is 1.64. The van der Waals surface area contributed by atoms with Crippen molar-refractivity contribution >= 4 is 11.6 Å². The largest absolute Gasteiger partial charge is 0.504 e. The zero-order chi connectivity index (χ0) is 17.9. The molecule has 2 bridgehead atoms. The topological polar surface area (TPSA) is 62.2 Å². The number of fused-ring (bicyclic) bond motifs is 1. The zero-order valence-electron chi connectivity index (χ0n) is 15.0. The van der Waals surface area contributed by atoms with E-state index in [0.29, 0.717) is 29.2 Å². The first-order chi connectivity index (χ1) is 11.9. The predicted octanol–water partition coefficient (Wildman–Crippen LogP) is 2.34. The number of likely N-dealkylation sites (N-methyl/N-ethyl adjacent to an activating group) is 1. The number of hydrogen-bond donors (Lipinski definition) is 2. The fourth-order valence-electron chi connectivity index (χ4n) is 5.67. The van der Waals surface area contributed by atoms with Gasteiger partial charge in [0.1, 0.15) is 0 Å². The van der Waals surface area contributed by atoms with E-state index in [1.54, 1.807) is 20.3 Å². The highest BCUT2D eigenvalue weighted by Gasteiger charge is 2.58. The van der Waals surface area contributed by atoms with E-state index in [1.165, 1.54) is 0 Å². The molecule has 6 heteroatoms. The molecule has 1 unspecified atom stereocenters. The molecule has 2 fully saturated rings. The Morgan fingerprint density at radius 2 is 2.12 bits per heavy atom. The number of rotatable bonds is 2. The van der Waals surface area contributed by atoms with Gasteiger partial charge >= 0.3 is 0 Å². The Morgan fingerprint density at radius 3 is 2.80 bits per heavy atom. The van der Waals surface area contributed by atoms with Gasteiger partial charge in [-0.2, -0.15) is 0 Å². The van der Waals surface area contributed by atoms with Gasteiger partial charge in [-0.05, 0) is 50.8 Å². The van der Waals surface area contributed by atoms with Crippen molar-refractivity contribution in [1.82, 2.24) is 4.90 Å². The second-order valence-corrected chi connectivity index (χ2v) is 8.22. The molecule has 5 atom stereocenters. The summed E-state index contributed by atoms with van der Waals surface area (Å²) >= 11 is 6.58. The van der Waals surface area contributed by atoms with Crippen molar-refractivity contribution in [2.45, 2.75) is 49.3 Å². The highest BCUT2D eigenvalue weighted by molar-refractivity contribution is 6.31. The molecule has 2 N–H and O–H groups in total. The van der Waals surface area contributed by atoms with Gasteiger partial charge in [0.25, 0.3) is 0 Å². The Labute approximate surface area is 153 Å². The summed E-state index contributed by atoms with van der Waals surface area (Å²) in [6.07, 6.45) is 2.38. The monoisotopic (exact) mass is 367 g/mol. The Hall–Kier alpha value is -1.01. The lowest BCUT2D eigenvalue weighted by Gasteiger charge is -2.60.